The summed E-state index contributed by atoms with van der Waals surface area (Å²) in [7, 11) is 0. The van der Waals surface area contributed by atoms with Crippen molar-refractivity contribution in [3.8, 4) is 11.8 Å². The van der Waals surface area contributed by atoms with Crippen molar-refractivity contribution in [3.05, 3.63) is 57.8 Å². The zero-order valence-corrected chi connectivity index (χ0v) is 11.4. The molecule has 0 heterocycles. The maximum atomic E-state index is 13.4. The van der Waals surface area contributed by atoms with Gasteiger partial charge in [0.15, 0.2) is 0 Å². The fraction of sp³-hybridized carbons (Fsp3) is 0.0714. The van der Waals surface area contributed by atoms with Crippen LogP contribution in [0.5, 0.6) is 5.75 Å². The molecule has 2 N–H and O–H groups in total. The van der Waals surface area contributed by atoms with Crippen LogP contribution in [-0.2, 0) is 6.61 Å². The maximum Gasteiger partial charge on any atom is 0.145 e. The molecule has 0 aromatic heterocycles. The van der Waals surface area contributed by atoms with Gasteiger partial charge in [0.1, 0.15) is 18.2 Å². The van der Waals surface area contributed by atoms with Crippen LogP contribution >= 0.6 is 15.9 Å². The van der Waals surface area contributed by atoms with Gasteiger partial charge in [-0.05, 0) is 28.1 Å². The first-order valence-corrected chi connectivity index (χ1v) is 6.26. The fourth-order valence-corrected chi connectivity index (χ4v) is 1.94. The molecule has 5 heteroatoms. The van der Waals surface area contributed by atoms with Crippen molar-refractivity contribution >= 4 is 21.6 Å². The minimum absolute atomic E-state index is 0.162. The molecule has 0 aliphatic rings. The second-order valence-electron chi connectivity index (χ2n) is 3.86. The molecule has 0 aliphatic heterocycles. The number of anilines is 1. The van der Waals surface area contributed by atoms with Crippen molar-refractivity contribution < 1.29 is 9.13 Å². The Morgan fingerprint density at radius 1 is 1.32 bits per heavy atom. The minimum atomic E-state index is -0.447. The third-order valence-electron chi connectivity index (χ3n) is 2.57. The van der Waals surface area contributed by atoms with Crippen molar-refractivity contribution in [1.82, 2.24) is 0 Å². The summed E-state index contributed by atoms with van der Waals surface area (Å²) in [6, 6.07) is 11.8. The van der Waals surface area contributed by atoms with Crippen LogP contribution in [0, 0.1) is 17.1 Å². The summed E-state index contributed by atoms with van der Waals surface area (Å²) < 4.78 is 19.1. The summed E-state index contributed by atoms with van der Waals surface area (Å²) in [5.74, 6) is -0.189. The molecular weight excluding hydrogens is 311 g/mol. The maximum absolute atomic E-state index is 13.4. The Hall–Kier alpha value is -2.06. The van der Waals surface area contributed by atoms with Crippen molar-refractivity contribution in [1.29, 1.82) is 5.26 Å². The molecule has 19 heavy (non-hydrogen) atoms. The molecule has 0 unspecified atom stereocenters. The zero-order chi connectivity index (χ0) is 13.8. The highest BCUT2D eigenvalue weighted by Crippen LogP contribution is 2.29. The Labute approximate surface area is 118 Å². The van der Waals surface area contributed by atoms with Gasteiger partial charge in [0.2, 0.25) is 0 Å². The Morgan fingerprint density at radius 3 is 2.79 bits per heavy atom. The van der Waals surface area contributed by atoms with Crippen molar-refractivity contribution in [2.75, 3.05) is 5.73 Å². The Kier molecular flexibility index (Phi) is 4.03. The van der Waals surface area contributed by atoms with Gasteiger partial charge in [-0.2, -0.15) is 5.26 Å². The van der Waals surface area contributed by atoms with Gasteiger partial charge in [-0.3, -0.25) is 0 Å². The number of hydrogen-bond acceptors (Lipinski definition) is 3. The Balaban J connectivity index is 2.20. The molecule has 96 valence electrons. The average molecular weight is 321 g/mol. The van der Waals surface area contributed by atoms with E-state index in [1.807, 2.05) is 6.07 Å². The number of halogens is 2. The molecule has 0 saturated heterocycles. The number of nitrogens with zero attached hydrogens (tertiary/aromatic N) is 1. The molecule has 2 rings (SSSR count). The summed E-state index contributed by atoms with van der Waals surface area (Å²) in [5, 5.41) is 8.95. The highest BCUT2D eigenvalue weighted by Gasteiger charge is 2.08. The summed E-state index contributed by atoms with van der Waals surface area (Å²) in [6.07, 6.45) is 0. The first kappa shape index (κ1) is 13.4. The van der Waals surface area contributed by atoms with E-state index in [2.05, 4.69) is 22.0 Å². The van der Waals surface area contributed by atoms with E-state index in [1.165, 1.54) is 12.1 Å². The monoisotopic (exact) mass is 320 g/mol. The minimum Gasteiger partial charge on any atom is -0.487 e. The molecular formula is C14H10BrFN2O. The largest absolute Gasteiger partial charge is 0.487 e. The summed E-state index contributed by atoms with van der Waals surface area (Å²) in [5.41, 5.74) is 7.33. The Bertz CT molecular complexity index is 652. The van der Waals surface area contributed by atoms with Crippen LogP contribution in [0.2, 0.25) is 0 Å². The molecule has 0 radical (unpaired) electrons. The third kappa shape index (κ3) is 3.04. The summed E-state index contributed by atoms with van der Waals surface area (Å²) in [6.45, 7) is 0.162. The summed E-state index contributed by atoms with van der Waals surface area (Å²) in [4.78, 5) is 0. The smallest absolute Gasteiger partial charge is 0.145 e. The van der Waals surface area contributed by atoms with E-state index < -0.39 is 5.82 Å². The predicted molar refractivity (Wildman–Crippen MR) is 74.0 cm³/mol. The van der Waals surface area contributed by atoms with Gasteiger partial charge in [0.05, 0.1) is 21.8 Å². The molecule has 0 fully saturated rings. The second kappa shape index (κ2) is 5.72. The van der Waals surface area contributed by atoms with E-state index >= 15 is 0 Å². The van der Waals surface area contributed by atoms with E-state index in [-0.39, 0.29) is 16.8 Å². The Morgan fingerprint density at radius 2 is 2.05 bits per heavy atom. The zero-order valence-electron chi connectivity index (χ0n) is 9.86. The topological polar surface area (TPSA) is 59.0 Å². The van der Waals surface area contributed by atoms with Gasteiger partial charge in [0.25, 0.3) is 0 Å². The molecule has 0 atom stereocenters. The molecule has 0 saturated carbocycles. The normalized spacial score (nSPS) is 9.95. The van der Waals surface area contributed by atoms with Crippen LogP contribution in [0.1, 0.15) is 11.1 Å². The van der Waals surface area contributed by atoms with Crippen LogP contribution < -0.4 is 10.5 Å². The second-order valence-corrected chi connectivity index (χ2v) is 4.72. The van der Waals surface area contributed by atoms with E-state index in [0.717, 1.165) is 5.56 Å². The van der Waals surface area contributed by atoms with Gasteiger partial charge in [-0.25, -0.2) is 4.39 Å². The van der Waals surface area contributed by atoms with Crippen LogP contribution in [-0.4, -0.2) is 0 Å². The van der Waals surface area contributed by atoms with Crippen molar-refractivity contribution in [2.45, 2.75) is 6.61 Å². The van der Waals surface area contributed by atoms with Crippen LogP contribution in [0.25, 0.3) is 0 Å². The third-order valence-corrected chi connectivity index (χ3v) is 3.18. The number of benzene rings is 2. The van der Waals surface area contributed by atoms with Crippen LogP contribution in [0.15, 0.2) is 40.9 Å². The molecule has 3 nitrogen and oxygen atoms in total. The molecule has 0 amide bonds. The molecule has 0 bridgehead atoms. The number of rotatable bonds is 3. The van der Waals surface area contributed by atoms with Crippen molar-refractivity contribution in [2.24, 2.45) is 0 Å². The molecule has 0 aliphatic carbocycles. The molecule has 0 spiro atoms. The number of hydrogen-bond donors (Lipinski definition) is 1. The fourth-order valence-electron chi connectivity index (χ4n) is 1.58. The van der Waals surface area contributed by atoms with Gasteiger partial charge in [0, 0.05) is 11.6 Å². The first-order chi connectivity index (χ1) is 9.11. The van der Waals surface area contributed by atoms with E-state index in [9.17, 15) is 4.39 Å². The number of ether oxygens (including phenoxy) is 1. The molecule has 2 aromatic carbocycles. The quantitative estimate of drug-likeness (QED) is 0.879. The highest BCUT2D eigenvalue weighted by atomic mass is 79.9. The lowest BCUT2D eigenvalue weighted by molar-refractivity contribution is 0.306. The van der Waals surface area contributed by atoms with Gasteiger partial charge in [-0.15, -0.1) is 0 Å². The lowest BCUT2D eigenvalue weighted by Gasteiger charge is -2.10. The van der Waals surface area contributed by atoms with Crippen LogP contribution in [0.3, 0.4) is 0 Å². The lowest BCUT2D eigenvalue weighted by Crippen LogP contribution is -2.01. The van der Waals surface area contributed by atoms with E-state index in [0.29, 0.717) is 11.3 Å². The molecule has 2 aromatic rings. The standard InChI is InChI=1S/C14H10BrFN2O/c15-11-5-13(18)14(6-12(11)16)19-8-10-4-2-1-3-9(10)7-17/h1-6H,8,18H2. The SMILES string of the molecule is N#Cc1ccccc1COc1cc(F)c(Br)cc1N. The summed E-state index contributed by atoms with van der Waals surface area (Å²) >= 11 is 3.05. The van der Waals surface area contributed by atoms with Gasteiger partial charge < -0.3 is 10.5 Å². The van der Waals surface area contributed by atoms with Gasteiger partial charge in [-0.1, -0.05) is 18.2 Å². The van der Waals surface area contributed by atoms with Crippen LogP contribution in [0.4, 0.5) is 10.1 Å². The number of nitrogen functional groups attached to an aromatic ring is 1. The number of nitrogens with two attached hydrogens (primary N) is 1. The van der Waals surface area contributed by atoms with Crippen molar-refractivity contribution in [3.63, 3.8) is 0 Å². The lowest BCUT2D eigenvalue weighted by atomic mass is 10.1. The average Bonchev–Trinajstić information content (AvgIpc) is 2.41. The highest BCUT2D eigenvalue weighted by molar-refractivity contribution is 9.10. The first-order valence-electron chi connectivity index (χ1n) is 5.47. The predicted octanol–water partition coefficient (Wildman–Crippen LogP) is 3.62. The van der Waals surface area contributed by atoms with E-state index in [1.54, 1.807) is 18.2 Å². The number of nitriles is 1. The van der Waals surface area contributed by atoms with E-state index in [4.69, 9.17) is 15.7 Å². The van der Waals surface area contributed by atoms with Gasteiger partial charge >= 0.3 is 0 Å².